The zero-order valence-corrected chi connectivity index (χ0v) is 30.6. The summed E-state index contributed by atoms with van der Waals surface area (Å²) in [5.41, 5.74) is -9.49. The number of amides is 1. The van der Waals surface area contributed by atoms with Crippen LogP contribution in [0.2, 0.25) is 0 Å². The largest absolute Gasteiger partial charge is 0.507 e. The summed E-state index contributed by atoms with van der Waals surface area (Å²) in [6.07, 6.45) is -4.27. The first-order chi connectivity index (χ1) is 26.6. The predicted octanol–water partition coefficient (Wildman–Crippen LogP) is 0.240. The lowest BCUT2D eigenvalue weighted by atomic mass is 9.56. The Kier molecular flexibility index (Phi) is 9.77. The Morgan fingerprint density at radius 2 is 1.80 bits per heavy atom. The standard InChI is InChI=1S/C39H39N3O14/c1-15-8-18-9-24(45)39(55-4)35(51)27-20(34(50)38(39,53)28(18)32(49)25(15)36(52)41-13-17-6-5-7-40-12-17)10-19-26(31(27)48)23(44)11-22(29(19)46)42-37-21(14-43)30(47)33(54-3)16(2)56-37/h5-8,10,12,16,21,24,30,33,37,43,45,47-49,53H,9,11,13-14H2,1-4H3,(H,41,52)/t16-,21+,24+,30-,33-,37?,38-,39+/m0/s1. The number of benzene rings is 2. The van der Waals surface area contributed by atoms with Crippen molar-refractivity contribution in [3.05, 3.63) is 86.7 Å². The van der Waals surface area contributed by atoms with Gasteiger partial charge in [-0.15, -0.1) is 0 Å². The van der Waals surface area contributed by atoms with Gasteiger partial charge in [-0.2, -0.15) is 0 Å². The smallest absolute Gasteiger partial charge is 0.255 e. The molecule has 7 N–H and O–H groups in total. The van der Waals surface area contributed by atoms with E-state index in [2.05, 4.69) is 15.3 Å². The van der Waals surface area contributed by atoms with Gasteiger partial charge in [0.25, 0.3) is 5.91 Å². The lowest BCUT2D eigenvalue weighted by molar-refractivity contribution is -0.206. The summed E-state index contributed by atoms with van der Waals surface area (Å²) in [5, 5.41) is 71.2. The van der Waals surface area contributed by atoms with Gasteiger partial charge in [-0.3, -0.25) is 33.9 Å². The summed E-state index contributed by atoms with van der Waals surface area (Å²) >= 11 is 0. The molecule has 0 spiro atoms. The second kappa shape index (κ2) is 14.0. The van der Waals surface area contributed by atoms with Crippen molar-refractivity contribution in [1.82, 2.24) is 10.3 Å². The molecule has 1 unspecified atom stereocenters. The maximum Gasteiger partial charge on any atom is 0.255 e. The summed E-state index contributed by atoms with van der Waals surface area (Å²) in [7, 11) is 2.27. The Bertz CT molecular complexity index is 2240. The van der Waals surface area contributed by atoms with Crippen molar-refractivity contribution in [2.24, 2.45) is 10.9 Å². The number of aromatic hydroxyl groups is 2. The molecule has 1 aliphatic heterocycles. The van der Waals surface area contributed by atoms with Gasteiger partial charge in [0, 0.05) is 56.3 Å². The Morgan fingerprint density at radius 1 is 1.07 bits per heavy atom. The monoisotopic (exact) mass is 773 g/mol. The molecule has 8 atom stereocenters. The number of hydrogen-bond donors (Lipinski definition) is 7. The summed E-state index contributed by atoms with van der Waals surface area (Å²) in [6.45, 7) is 2.42. The molecule has 2 heterocycles. The number of aliphatic hydroxyl groups is 4. The first kappa shape index (κ1) is 39.0. The molecule has 4 aliphatic rings. The van der Waals surface area contributed by atoms with E-state index in [9.17, 15) is 54.6 Å². The zero-order chi connectivity index (χ0) is 40.6. The minimum atomic E-state index is -3.26. The molecule has 2 aromatic carbocycles. The van der Waals surface area contributed by atoms with Crippen LogP contribution in [0.4, 0.5) is 0 Å². The molecule has 0 bridgehead atoms. The van der Waals surface area contributed by atoms with Crippen LogP contribution >= 0.6 is 0 Å². The number of aliphatic hydroxyl groups excluding tert-OH is 3. The van der Waals surface area contributed by atoms with E-state index in [4.69, 9.17) is 14.2 Å². The molecule has 17 heteroatoms. The minimum Gasteiger partial charge on any atom is -0.507 e. The SMILES string of the molecule is CO[C@@H]1[C@@H](O)[C@@H](CO)C(N=C2CC(=O)c3c(cc4c(c3O)C(=O)[C@]3(OC)[C@H](O)Cc5cc(C)c(C(=O)NCc6cccnc6)c(O)c5[C@]3(O)C4=O)C2=O)O[C@H]1C. The quantitative estimate of drug-likeness (QED) is 0.169. The number of fused-ring (bicyclic) bond motifs is 5. The number of hydrogen-bond acceptors (Lipinski definition) is 16. The highest BCUT2D eigenvalue weighted by Crippen LogP contribution is 2.56. The molecule has 0 saturated carbocycles. The van der Waals surface area contributed by atoms with E-state index in [-0.39, 0.29) is 23.2 Å². The van der Waals surface area contributed by atoms with Crippen molar-refractivity contribution in [3.63, 3.8) is 0 Å². The zero-order valence-electron chi connectivity index (χ0n) is 30.6. The fourth-order valence-corrected chi connectivity index (χ4v) is 8.64. The predicted molar refractivity (Wildman–Crippen MR) is 191 cm³/mol. The van der Waals surface area contributed by atoms with Gasteiger partial charge in [0.2, 0.25) is 17.3 Å². The van der Waals surface area contributed by atoms with Gasteiger partial charge >= 0.3 is 0 Å². The number of carbonyl (C=O) groups excluding carboxylic acids is 5. The maximum absolute atomic E-state index is 14.8. The topological polar surface area (TPSA) is 272 Å². The number of aromatic nitrogens is 1. The minimum absolute atomic E-state index is 0.00279. The Labute approximate surface area is 318 Å². The fraction of sp³-hybridized carbons (Fsp3) is 0.410. The lowest BCUT2D eigenvalue weighted by Gasteiger charge is -2.53. The lowest BCUT2D eigenvalue weighted by Crippen LogP contribution is -2.73. The highest BCUT2D eigenvalue weighted by Gasteiger charge is 2.72. The molecule has 1 fully saturated rings. The first-order valence-corrected chi connectivity index (χ1v) is 17.7. The van der Waals surface area contributed by atoms with Gasteiger partial charge in [-0.1, -0.05) is 12.1 Å². The molecule has 3 aliphatic carbocycles. The number of pyridine rings is 1. The van der Waals surface area contributed by atoms with Crippen LogP contribution in [0.3, 0.4) is 0 Å². The molecule has 1 saturated heterocycles. The molecule has 294 valence electrons. The van der Waals surface area contributed by atoms with E-state index >= 15 is 0 Å². The van der Waals surface area contributed by atoms with Crippen molar-refractivity contribution in [2.45, 2.75) is 75.1 Å². The molecule has 3 aromatic rings. The molecular formula is C39H39N3O14. The summed E-state index contributed by atoms with van der Waals surface area (Å²) in [5.74, 6) is -8.46. The summed E-state index contributed by atoms with van der Waals surface area (Å²) < 4.78 is 16.7. The number of carbonyl (C=O) groups is 5. The van der Waals surface area contributed by atoms with Crippen molar-refractivity contribution in [1.29, 1.82) is 0 Å². The van der Waals surface area contributed by atoms with Crippen LogP contribution < -0.4 is 5.32 Å². The van der Waals surface area contributed by atoms with Gasteiger partial charge in [-0.05, 0) is 42.7 Å². The Hall–Kier alpha value is -5.27. The van der Waals surface area contributed by atoms with Crippen molar-refractivity contribution in [2.75, 3.05) is 20.8 Å². The van der Waals surface area contributed by atoms with Crippen LogP contribution in [0.15, 0.2) is 41.7 Å². The van der Waals surface area contributed by atoms with Gasteiger partial charge in [-0.25, -0.2) is 0 Å². The van der Waals surface area contributed by atoms with Crippen LogP contribution in [0.25, 0.3) is 0 Å². The van der Waals surface area contributed by atoms with Crippen molar-refractivity contribution in [3.8, 4) is 11.5 Å². The molecule has 1 amide bonds. The Morgan fingerprint density at radius 3 is 2.45 bits per heavy atom. The van der Waals surface area contributed by atoms with Gasteiger partial charge in [0.1, 0.15) is 17.6 Å². The van der Waals surface area contributed by atoms with Gasteiger partial charge < -0.3 is 50.2 Å². The second-order valence-electron chi connectivity index (χ2n) is 14.4. The number of phenolic OH excluding ortho intramolecular Hbond substituents is 2. The third-order valence-corrected chi connectivity index (χ3v) is 11.4. The van der Waals surface area contributed by atoms with E-state index in [1.807, 2.05) is 0 Å². The average molecular weight is 774 g/mol. The van der Waals surface area contributed by atoms with E-state index in [1.54, 1.807) is 25.3 Å². The van der Waals surface area contributed by atoms with Crippen LogP contribution in [0.5, 0.6) is 11.5 Å². The van der Waals surface area contributed by atoms with Gasteiger partial charge in [0.15, 0.2) is 23.2 Å². The van der Waals surface area contributed by atoms with Crippen molar-refractivity contribution < 1.29 is 68.8 Å². The number of ether oxygens (including phenoxy) is 3. The number of aliphatic imine (C=N–C) groups is 1. The number of nitrogens with zero attached hydrogens (tertiary/aromatic N) is 2. The van der Waals surface area contributed by atoms with Crippen LogP contribution in [-0.2, 0) is 32.8 Å². The number of aryl methyl sites for hydroxylation is 1. The number of methoxy groups -OCH3 is 2. The van der Waals surface area contributed by atoms with E-state index in [1.165, 1.54) is 26.3 Å². The number of rotatable bonds is 7. The molecule has 0 radical (unpaired) electrons. The number of ketones is 4. The maximum atomic E-state index is 14.8. The van der Waals surface area contributed by atoms with E-state index in [0.29, 0.717) is 5.56 Å². The first-order valence-electron chi connectivity index (χ1n) is 17.7. The van der Waals surface area contributed by atoms with E-state index in [0.717, 1.165) is 13.2 Å². The molecular weight excluding hydrogens is 734 g/mol. The summed E-state index contributed by atoms with van der Waals surface area (Å²) in [6, 6.07) is 5.57. The van der Waals surface area contributed by atoms with Crippen LogP contribution in [0, 0.1) is 12.8 Å². The third kappa shape index (κ3) is 5.37. The molecule has 17 nitrogen and oxygen atoms in total. The van der Waals surface area contributed by atoms with Crippen LogP contribution in [0.1, 0.15) is 87.4 Å². The number of nitrogens with one attached hydrogen (secondary N) is 1. The highest BCUT2D eigenvalue weighted by atomic mass is 16.6. The Balaban J connectivity index is 1.36. The van der Waals surface area contributed by atoms with Crippen LogP contribution in [-0.4, -0.2) is 127 Å². The van der Waals surface area contributed by atoms with Gasteiger partial charge in [0.05, 0.1) is 59.7 Å². The number of phenols is 2. The number of Topliss-reactive ketones (excluding diaryl/α,β-unsaturated/α-hetero) is 4. The second-order valence-corrected chi connectivity index (χ2v) is 14.4. The van der Waals surface area contributed by atoms with E-state index < -0.39 is 141 Å². The highest BCUT2D eigenvalue weighted by molar-refractivity contribution is 6.53. The molecule has 1 aromatic heterocycles. The third-order valence-electron chi connectivity index (χ3n) is 11.4. The molecule has 7 rings (SSSR count). The molecule has 56 heavy (non-hydrogen) atoms. The normalized spacial score (nSPS) is 30.4. The average Bonchev–Trinajstić information content (AvgIpc) is 3.15. The van der Waals surface area contributed by atoms with Crippen molar-refractivity contribution >= 4 is 34.8 Å². The summed E-state index contributed by atoms with van der Waals surface area (Å²) in [4.78, 5) is 79.0. The fourth-order valence-electron chi connectivity index (χ4n) is 8.64.